The highest BCUT2D eigenvalue weighted by Gasteiger charge is 2.09. The molecule has 0 unspecified atom stereocenters. The Bertz CT molecular complexity index is 891. The molecule has 2 aromatic carbocycles. The molecule has 0 aliphatic carbocycles. The summed E-state index contributed by atoms with van der Waals surface area (Å²) in [5.41, 5.74) is 6.44. The zero-order valence-electron chi connectivity index (χ0n) is 9.88. The van der Waals surface area contributed by atoms with Crippen molar-refractivity contribution in [2.24, 2.45) is 0 Å². The van der Waals surface area contributed by atoms with Crippen LogP contribution in [0.3, 0.4) is 0 Å². The Morgan fingerprint density at radius 2 is 1.95 bits per heavy atom. The molecular formula is C15H9BrN2S. The van der Waals surface area contributed by atoms with E-state index in [1.165, 1.54) is 21.2 Å². The summed E-state index contributed by atoms with van der Waals surface area (Å²) < 4.78 is 3.27. The first kappa shape index (κ1) is 11.2. The van der Waals surface area contributed by atoms with Crippen LogP contribution in [-0.4, -0.2) is 8.58 Å². The summed E-state index contributed by atoms with van der Waals surface area (Å²) in [6.45, 7) is 0. The fraction of sp³-hybridized carbons (Fsp3) is 0. The molecule has 4 aromatic rings. The van der Waals surface area contributed by atoms with E-state index in [1.807, 2.05) is 11.6 Å². The average molecular weight is 329 g/mol. The second-order valence-corrected chi connectivity index (χ2v) is 6.00. The Balaban J connectivity index is 2.00. The molecule has 0 spiro atoms. The summed E-state index contributed by atoms with van der Waals surface area (Å²) in [4.78, 5) is 4.38. The number of nitrogens with zero attached hydrogens (tertiary/aromatic N) is 2. The smallest absolute Gasteiger partial charge is 0.0818 e. The normalized spacial score (nSPS) is 11.4. The van der Waals surface area contributed by atoms with Gasteiger partial charge in [-0.25, -0.2) is 4.98 Å². The van der Waals surface area contributed by atoms with E-state index in [1.54, 1.807) is 11.3 Å². The molecule has 0 radical (unpaired) electrons. The standard InChI is InChI=1S/C15H9BrN2S/c16-18-13-4-2-1-3-10(13)8-14(18)11-5-6-15-12(7-11)17-9-19-15/h1-9H. The van der Waals surface area contributed by atoms with Crippen molar-refractivity contribution in [3.8, 4) is 11.3 Å². The second kappa shape index (κ2) is 4.18. The molecule has 0 saturated carbocycles. The molecule has 0 N–H and O–H groups in total. The maximum absolute atomic E-state index is 4.38. The van der Waals surface area contributed by atoms with Crippen LogP contribution >= 0.6 is 27.5 Å². The molecular weight excluding hydrogens is 320 g/mol. The SMILES string of the molecule is Brn1c(-c2ccc3scnc3c2)cc2ccccc21. The number of fused-ring (bicyclic) bond motifs is 2. The van der Waals surface area contributed by atoms with Crippen LogP contribution in [0.25, 0.3) is 32.4 Å². The lowest BCUT2D eigenvalue weighted by Crippen LogP contribution is -1.84. The van der Waals surface area contributed by atoms with Crippen LogP contribution in [0.5, 0.6) is 0 Å². The molecule has 19 heavy (non-hydrogen) atoms. The van der Waals surface area contributed by atoms with Gasteiger partial charge in [0.2, 0.25) is 0 Å². The molecule has 0 aliphatic rings. The number of thiazole rings is 1. The highest BCUT2D eigenvalue weighted by Crippen LogP contribution is 2.32. The van der Waals surface area contributed by atoms with Crippen molar-refractivity contribution >= 4 is 48.6 Å². The maximum atomic E-state index is 4.38. The lowest BCUT2D eigenvalue weighted by atomic mass is 10.1. The fourth-order valence-electron chi connectivity index (χ4n) is 2.34. The zero-order chi connectivity index (χ0) is 12.8. The molecule has 0 saturated heterocycles. The van der Waals surface area contributed by atoms with Crippen LogP contribution in [0.2, 0.25) is 0 Å². The quantitative estimate of drug-likeness (QED) is 0.476. The molecule has 92 valence electrons. The van der Waals surface area contributed by atoms with Gasteiger partial charge >= 0.3 is 0 Å². The molecule has 2 aromatic heterocycles. The van der Waals surface area contributed by atoms with E-state index in [-0.39, 0.29) is 0 Å². The van der Waals surface area contributed by atoms with E-state index in [9.17, 15) is 0 Å². The summed E-state index contributed by atoms with van der Waals surface area (Å²) in [5.74, 6) is 0. The molecule has 0 atom stereocenters. The van der Waals surface area contributed by atoms with Gasteiger partial charge in [-0.3, -0.25) is 3.59 Å². The monoisotopic (exact) mass is 328 g/mol. The summed E-state index contributed by atoms with van der Waals surface area (Å²) in [5, 5.41) is 1.23. The summed E-state index contributed by atoms with van der Waals surface area (Å²) in [7, 11) is 0. The van der Waals surface area contributed by atoms with E-state index >= 15 is 0 Å². The Labute approximate surface area is 122 Å². The number of para-hydroxylation sites is 1. The van der Waals surface area contributed by atoms with Gasteiger partial charge < -0.3 is 0 Å². The third-order valence-electron chi connectivity index (χ3n) is 3.28. The third-order valence-corrected chi connectivity index (χ3v) is 4.85. The summed E-state index contributed by atoms with van der Waals surface area (Å²) in [6, 6.07) is 16.9. The molecule has 0 bridgehead atoms. The number of benzene rings is 2. The van der Waals surface area contributed by atoms with E-state index < -0.39 is 0 Å². The van der Waals surface area contributed by atoms with E-state index in [0.29, 0.717) is 0 Å². The van der Waals surface area contributed by atoms with Gasteiger partial charge in [-0.2, -0.15) is 0 Å². The Kier molecular flexibility index (Phi) is 2.47. The van der Waals surface area contributed by atoms with Gasteiger partial charge in [0.15, 0.2) is 0 Å². The van der Waals surface area contributed by atoms with Gasteiger partial charge in [-0.1, -0.05) is 24.3 Å². The lowest BCUT2D eigenvalue weighted by Gasteiger charge is -2.02. The highest BCUT2D eigenvalue weighted by atomic mass is 79.9. The van der Waals surface area contributed by atoms with E-state index in [0.717, 1.165) is 11.2 Å². The van der Waals surface area contributed by atoms with E-state index in [2.05, 4.69) is 67.2 Å². The lowest BCUT2D eigenvalue weighted by molar-refractivity contribution is 1.38. The van der Waals surface area contributed by atoms with Crippen LogP contribution in [0, 0.1) is 0 Å². The summed E-state index contributed by atoms with van der Waals surface area (Å²) >= 11 is 5.31. The van der Waals surface area contributed by atoms with Crippen LogP contribution in [0.1, 0.15) is 0 Å². The summed E-state index contributed by atoms with van der Waals surface area (Å²) in [6.07, 6.45) is 0. The average Bonchev–Trinajstić information content (AvgIpc) is 3.03. The number of halogens is 1. The Morgan fingerprint density at radius 3 is 2.84 bits per heavy atom. The van der Waals surface area contributed by atoms with Gasteiger partial charge in [0.05, 0.1) is 43.1 Å². The van der Waals surface area contributed by atoms with Crippen molar-refractivity contribution in [2.45, 2.75) is 0 Å². The van der Waals surface area contributed by atoms with Gasteiger partial charge in [-0.15, -0.1) is 11.3 Å². The first-order chi connectivity index (χ1) is 9.33. The minimum Gasteiger partial charge on any atom is -0.276 e. The number of hydrogen-bond donors (Lipinski definition) is 0. The van der Waals surface area contributed by atoms with Gasteiger partial charge in [-0.05, 0) is 24.3 Å². The van der Waals surface area contributed by atoms with Crippen LogP contribution < -0.4 is 0 Å². The predicted octanol–water partition coefficient (Wildman–Crippen LogP) is 5.08. The molecule has 2 heterocycles. The minimum absolute atomic E-state index is 1.06. The topological polar surface area (TPSA) is 17.8 Å². The molecule has 4 rings (SSSR count). The molecule has 2 nitrogen and oxygen atoms in total. The van der Waals surface area contributed by atoms with Crippen molar-refractivity contribution < 1.29 is 0 Å². The highest BCUT2D eigenvalue weighted by molar-refractivity contribution is 9.08. The second-order valence-electron chi connectivity index (χ2n) is 4.40. The minimum atomic E-state index is 1.06. The van der Waals surface area contributed by atoms with Crippen molar-refractivity contribution in [2.75, 3.05) is 0 Å². The number of aromatic nitrogens is 2. The van der Waals surface area contributed by atoms with Gasteiger partial charge in [0.1, 0.15) is 0 Å². The first-order valence-corrected chi connectivity index (χ1v) is 7.52. The van der Waals surface area contributed by atoms with Crippen molar-refractivity contribution in [3.63, 3.8) is 0 Å². The zero-order valence-corrected chi connectivity index (χ0v) is 12.3. The number of hydrogen-bond acceptors (Lipinski definition) is 2. The van der Waals surface area contributed by atoms with Crippen molar-refractivity contribution in [3.05, 3.63) is 54.0 Å². The van der Waals surface area contributed by atoms with E-state index in [4.69, 9.17) is 0 Å². The third kappa shape index (κ3) is 1.71. The first-order valence-electron chi connectivity index (χ1n) is 5.93. The van der Waals surface area contributed by atoms with Gasteiger partial charge in [0.25, 0.3) is 0 Å². The maximum Gasteiger partial charge on any atom is 0.0818 e. The Hall–Kier alpha value is -1.65. The molecule has 0 amide bonds. The predicted molar refractivity (Wildman–Crippen MR) is 84.9 cm³/mol. The number of rotatable bonds is 1. The Morgan fingerprint density at radius 1 is 1.05 bits per heavy atom. The van der Waals surface area contributed by atoms with Gasteiger partial charge in [0, 0.05) is 10.9 Å². The van der Waals surface area contributed by atoms with Crippen molar-refractivity contribution in [1.82, 2.24) is 8.58 Å². The van der Waals surface area contributed by atoms with Crippen LogP contribution in [-0.2, 0) is 0 Å². The van der Waals surface area contributed by atoms with Crippen LogP contribution in [0.15, 0.2) is 54.0 Å². The largest absolute Gasteiger partial charge is 0.276 e. The molecule has 0 aliphatic heterocycles. The van der Waals surface area contributed by atoms with Crippen LogP contribution in [0.4, 0.5) is 0 Å². The fourth-order valence-corrected chi connectivity index (χ4v) is 3.62. The molecule has 4 heteroatoms. The molecule has 0 fully saturated rings. The van der Waals surface area contributed by atoms with Crippen molar-refractivity contribution in [1.29, 1.82) is 0 Å².